The summed E-state index contributed by atoms with van der Waals surface area (Å²) in [6, 6.07) is 3.67. The Balaban J connectivity index is 2.21. The van der Waals surface area contributed by atoms with Crippen LogP contribution in [-0.2, 0) is 0 Å². The molecule has 1 aliphatic carbocycles. The molecule has 1 saturated carbocycles. The van der Waals surface area contributed by atoms with Gasteiger partial charge in [0.2, 0.25) is 0 Å². The van der Waals surface area contributed by atoms with Gasteiger partial charge in [0.1, 0.15) is 0 Å². The van der Waals surface area contributed by atoms with E-state index >= 15 is 0 Å². The summed E-state index contributed by atoms with van der Waals surface area (Å²) in [6.07, 6.45) is 2.85. The molecule has 19 heavy (non-hydrogen) atoms. The second kappa shape index (κ2) is 5.65. The summed E-state index contributed by atoms with van der Waals surface area (Å²) in [5.41, 5.74) is 5.47. The van der Waals surface area contributed by atoms with Crippen LogP contribution in [-0.4, -0.2) is 30.4 Å². The largest absolute Gasteiger partial charge is 0.338 e. The van der Waals surface area contributed by atoms with Crippen LogP contribution in [0.25, 0.3) is 0 Å². The second-order valence-electron chi connectivity index (χ2n) is 5.01. The fourth-order valence-corrected chi connectivity index (χ4v) is 2.81. The van der Waals surface area contributed by atoms with Crippen LogP contribution < -0.4 is 5.73 Å². The first kappa shape index (κ1) is 13.9. The minimum Gasteiger partial charge on any atom is -0.338 e. The maximum absolute atomic E-state index is 13.6. The average Bonchev–Trinajstić information content (AvgIpc) is 2.88. The first-order valence-corrected chi connectivity index (χ1v) is 6.47. The highest BCUT2D eigenvalue weighted by Gasteiger charge is 2.33. The van der Waals surface area contributed by atoms with E-state index in [1.165, 1.54) is 17.0 Å². The molecule has 1 aromatic rings. The SMILES string of the molecule is CN(C(=O)c1cccc(F)c1F)C1CCCC1CN. The maximum Gasteiger partial charge on any atom is 0.256 e. The highest BCUT2D eigenvalue weighted by molar-refractivity contribution is 5.94. The minimum absolute atomic E-state index is 0.0140. The van der Waals surface area contributed by atoms with Crippen LogP contribution >= 0.6 is 0 Å². The number of hydrogen-bond donors (Lipinski definition) is 1. The van der Waals surface area contributed by atoms with Gasteiger partial charge in [0.05, 0.1) is 5.56 Å². The van der Waals surface area contributed by atoms with Crippen LogP contribution in [0.4, 0.5) is 8.78 Å². The summed E-state index contributed by atoms with van der Waals surface area (Å²) in [4.78, 5) is 13.7. The number of halogens is 2. The van der Waals surface area contributed by atoms with Crippen molar-refractivity contribution in [1.29, 1.82) is 0 Å². The molecule has 0 heterocycles. The van der Waals surface area contributed by atoms with E-state index in [0.717, 1.165) is 25.3 Å². The van der Waals surface area contributed by atoms with E-state index in [0.29, 0.717) is 6.54 Å². The van der Waals surface area contributed by atoms with Crippen LogP contribution in [0.1, 0.15) is 29.6 Å². The zero-order valence-corrected chi connectivity index (χ0v) is 10.9. The third kappa shape index (κ3) is 2.61. The third-order valence-corrected chi connectivity index (χ3v) is 3.92. The molecule has 0 saturated heterocycles. The Bertz CT molecular complexity index is 479. The van der Waals surface area contributed by atoms with Crippen molar-refractivity contribution in [3.8, 4) is 0 Å². The van der Waals surface area contributed by atoms with Crippen LogP contribution in [0.5, 0.6) is 0 Å². The molecule has 0 aliphatic heterocycles. The fourth-order valence-electron chi connectivity index (χ4n) is 2.81. The first-order chi connectivity index (χ1) is 9.06. The molecule has 3 nitrogen and oxygen atoms in total. The van der Waals surface area contributed by atoms with Crippen molar-refractivity contribution in [2.75, 3.05) is 13.6 Å². The smallest absolute Gasteiger partial charge is 0.256 e. The molecule has 0 spiro atoms. The van der Waals surface area contributed by atoms with Crippen molar-refractivity contribution in [3.63, 3.8) is 0 Å². The summed E-state index contributed by atoms with van der Waals surface area (Å²) < 4.78 is 26.8. The number of hydrogen-bond acceptors (Lipinski definition) is 2. The van der Waals surface area contributed by atoms with Crippen molar-refractivity contribution >= 4 is 5.91 Å². The van der Waals surface area contributed by atoms with Gasteiger partial charge in [-0.15, -0.1) is 0 Å². The number of carbonyl (C=O) groups excluding carboxylic acids is 1. The van der Waals surface area contributed by atoms with E-state index in [9.17, 15) is 13.6 Å². The van der Waals surface area contributed by atoms with Crippen molar-refractivity contribution in [2.24, 2.45) is 11.7 Å². The Hall–Kier alpha value is -1.49. The molecule has 5 heteroatoms. The number of nitrogens with zero attached hydrogens (tertiary/aromatic N) is 1. The Kier molecular flexibility index (Phi) is 4.14. The van der Waals surface area contributed by atoms with Gasteiger partial charge in [0.15, 0.2) is 11.6 Å². The summed E-state index contributed by atoms with van der Waals surface area (Å²) in [5, 5.41) is 0. The zero-order chi connectivity index (χ0) is 14.0. The molecule has 1 aliphatic rings. The van der Waals surface area contributed by atoms with Crippen LogP contribution in [0, 0.1) is 17.6 Å². The molecule has 0 aromatic heterocycles. The van der Waals surface area contributed by atoms with Gasteiger partial charge in [-0.05, 0) is 37.4 Å². The lowest BCUT2D eigenvalue weighted by atomic mass is 10.0. The number of carbonyl (C=O) groups is 1. The zero-order valence-electron chi connectivity index (χ0n) is 10.9. The highest BCUT2D eigenvalue weighted by Crippen LogP contribution is 2.29. The van der Waals surface area contributed by atoms with Gasteiger partial charge < -0.3 is 10.6 Å². The molecule has 104 valence electrons. The number of nitrogens with two attached hydrogens (primary N) is 1. The van der Waals surface area contributed by atoms with E-state index in [1.54, 1.807) is 7.05 Å². The molecule has 2 N–H and O–H groups in total. The molecular formula is C14H18F2N2O. The summed E-state index contributed by atoms with van der Waals surface area (Å²) >= 11 is 0. The molecule has 0 radical (unpaired) electrons. The number of rotatable bonds is 3. The molecule has 2 rings (SSSR count). The standard InChI is InChI=1S/C14H18F2N2O/c1-18(12-7-2-4-9(12)8-17)14(19)10-5-3-6-11(15)13(10)16/h3,5-6,9,12H,2,4,7-8,17H2,1H3. The fraction of sp³-hybridized carbons (Fsp3) is 0.500. The van der Waals surface area contributed by atoms with Crippen LogP contribution in [0.2, 0.25) is 0 Å². The summed E-state index contributed by atoms with van der Waals surface area (Å²) in [6.45, 7) is 0.508. The predicted molar refractivity (Wildman–Crippen MR) is 68.6 cm³/mol. The monoisotopic (exact) mass is 268 g/mol. The molecule has 1 aromatic carbocycles. The minimum atomic E-state index is -1.08. The third-order valence-electron chi connectivity index (χ3n) is 3.92. The lowest BCUT2D eigenvalue weighted by Crippen LogP contribution is -2.41. The Morgan fingerprint density at radius 1 is 1.42 bits per heavy atom. The lowest BCUT2D eigenvalue weighted by molar-refractivity contribution is 0.0694. The summed E-state index contributed by atoms with van der Waals surface area (Å²) in [5.74, 6) is -2.32. The van der Waals surface area contributed by atoms with E-state index < -0.39 is 17.5 Å². The van der Waals surface area contributed by atoms with Crippen molar-refractivity contribution in [1.82, 2.24) is 4.90 Å². The summed E-state index contributed by atoms with van der Waals surface area (Å²) in [7, 11) is 1.63. The van der Waals surface area contributed by atoms with E-state index in [2.05, 4.69) is 0 Å². The Morgan fingerprint density at radius 2 is 2.16 bits per heavy atom. The molecule has 2 unspecified atom stereocenters. The van der Waals surface area contributed by atoms with Gasteiger partial charge >= 0.3 is 0 Å². The van der Waals surface area contributed by atoms with Crippen LogP contribution in [0.3, 0.4) is 0 Å². The highest BCUT2D eigenvalue weighted by atomic mass is 19.2. The average molecular weight is 268 g/mol. The maximum atomic E-state index is 13.6. The quantitative estimate of drug-likeness (QED) is 0.913. The topological polar surface area (TPSA) is 46.3 Å². The van der Waals surface area contributed by atoms with Crippen molar-refractivity contribution < 1.29 is 13.6 Å². The molecule has 2 atom stereocenters. The van der Waals surface area contributed by atoms with E-state index in [4.69, 9.17) is 5.73 Å². The van der Waals surface area contributed by atoms with Gasteiger partial charge in [-0.2, -0.15) is 0 Å². The predicted octanol–water partition coefficient (Wildman–Crippen LogP) is 2.16. The Labute approximate surface area is 111 Å². The van der Waals surface area contributed by atoms with Gasteiger partial charge in [-0.1, -0.05) is 12.5 Å². The van der Waals surface area contributed by atoms with E-state index in [1.807, 2.05) is 0 Å². The van der Waals surface area contributed by atoms with Crippen molar-refractivity contribution in [2.45, 2.75) is 25.3 Å². The molecule has 1 fully saturated rings. The van der Waals surface area contributed by atoms with Gasteiger partial charge in [0, 0.05) is 13.1 Å². The first-order valence-electron chi connectivity index (χ1n) is 6.47. The van der Waals surface area contributed by atoms with Gasteiger partial charge in [-0.3, -0.25) is 4.79 Å². The second-order valence-corrected chi connectivity index (χ2v) is 5.01. The normalized spacial score (nSPS) is 22.5. The van der Waals surface area contributed by atoms with Crippen molar-refractivity contribution in [3.05, 3.63) is 35.4 Å². The molecule has 1 amide bonds. The van der Waals surface area contributed by atoms with E-state index in [-0.39, 0.29) is 17.5 Å². The van der Waals surface area contributed by atoms with Crippen LogP contribution in [0.15, 0.2) is 18.2 Å². The molecular weight excluding hydrogens is 250 g/mol. The number of benzene rings is 1. The molecule has 0 bridgehead atoms. The lowest BCUT2D eigenvalue weighted by Gasteiger charge is -2.29. The van der Waals surface area contributed by atoms with Gasteiger partial charge in [0.25, 0.3) is 5.91 Å². The Morgan fingerprint density at radius 3 is 2.84 bits per heavy atom. The van der Waals surface area contributed by atoms with Gasteiger partial charge in [-0.25, -0.2) is 8.78 Å². The number of amides is 1.